The molecule has 0 radical (unpaired) electrons. The number of fused-ring (bicyclic) bond motifs is 8. The SMILES string of the molecule is b1ccc(-c2cc3cc4nc(cc5ccc(cc6nc(cc2[nH]3)C=C6)[nH]5)C=C4)cc1. The summed E-state index contributed by atoms with van der Waals surface area (Å²) in [6.45, 7) is 2.03. The minimum absolute atomic E-state index is 0.922. The number of hydrogen-bond acceptors (Lipinski definition) is 2. The van der Waals surface area contributed by atoms with Crippen molar-refractivity contribution in [1.29, 1.82) is 0 Å². The Hall–Kier alpha value is -3.99. The van der Waals surface area contributed by atoms with Crippen molar-refractivity contribution in [2.45, 2.75) is 0 Å². The maximum absolute atomic E-state index is 4.77. The van der Waals surface area contributed by atoms with E-state index in [9.17, 15) is 0 Å². The second-order valence-corrected chi connectivity index (χ2v) is 7.45. The molecule has 4 aromatic heterocycles. The summed E-state index contributed by atoms with van der Waals surface area (Å²) in [7, 11) is 0. The number of aromatic amines is 2. The normalized spacial score (nSPS) is 12.3. The Bertz CT molecular complexity index is 1490. The zero-order valence-corrected chi connectivity index (χ0v) is 16.1. The van der Waals surface area contributed by atoms with Crippen molar-refractivity contribution < 1.29 is 0 Å². The van der Waals surface area contributed by atoms with Gasteiger partial charge in [-0.05, 0) is 6.07 Å². The molecule has 30 heavy (non-hydrogen) atoms. The fraction of sp³-hybridized carbons (Fsp3) is 0. The molecule has 0 saturated heterocycles. The molecule has 0 atom stereocenters. The summed E-state index contributed by atoms with van der Waals surface area (Å²) >= 11 is 0. The molecule has 0 saturated carbocycles. The van der Waals surface area contributed by atoms with Gasteiger partial charge in [-0.25, -0.2) is 0 Å². The molecule has 2 aliphatic heterocycles. The van der Waals surface area contributed by atoms with Crippen LogP contribution in [0.4, 0.5) is 0 Å². The molecule has 0 amide bonds. The van der Waals surface area contributed by atoms with Crippen LogP contribution in [0.3, 0.4) is 0 Å². The predicted octanol–water partition coefficient (Wildman–Crippen LogP) is 5.66. The number of rotatable bonds is 1. The second kappa shape index (κ2) is 6.81. The number of hydrogen-bond donors (Lipinski definition) is 2. The van der Waals surface area contributed by atoms with Crippen LogP contribution in [0, 0.1) is 0 Å². The van der Waals surface area contributed by atoms with Crippen molar-refractivity contribution in [2.75, 3.05) is 0 Å². The van der Waals surface area contributed by atoms with Crippen molar-refractivity contribution in [1.82, 2.24) is 19.9 Å². The van der Waals surface area contributed by atoms with Gasteiger partial charge in [-0.15, -0.1) is 0 Å². The molecular weight excluding hydrogens is 367 g/mol. The van der Waals surface area contributed by atoms with Gasteiger partial charge in [-0.3, -0.25) is 0 Å². The standard InChI is InChI=1S/C25H17BN4/c1-2-18-12-20-5-6-22(29-20)15-25-24(16-7-9-26-10-8-16)14-23(30-25)13-21-4-3-19(28-21)11-17(1)27-18/h1-15,27,30H. The van der Waals surface area contributed by atoms with E-state index in [1.165, 1.54) is 5.56 Å². The fourth-order valence-electron chi connectivity index (χ4n) is 3.87. The summed E-state index contributed by atoms with van der Waals surface area (Å²) in [4.78, 5) is 16.5. The maximum atomic E-state index is 4.77. The van der Waals surface area contributed by atoms with E-state index < -0.39 is 0 Å². The van der Waals surface area contributed by atoms with E-state index >= 15 is 0 Å². The Balaban J connectivity index is 1.69. The Morgan fingerprint density at radius 3 is 1.77 bits per heavy atom. The molecule has 5 heteroatoms. The van der Waals surface area contributed by atoms with Crippen LogP contribution in [0.2, 0.25) is 0 Å². The van der Waals surface area contributed by atoms with Crippen LogP contribution >= 0.6 is 0 Å². The Morgan fingerprint density at radius 2 is 1.13 bits per heavy atom. The number of nitrogens with one attached hydrogen (secondary N) is 2. The monoisotopic (exact) mass is 384 g/mol. The molecule has 6 heterocycles. The van der Waals surface area contributed by atoms with E-state index in [1.807, 2.05) is 37.3 Å². The van der Waals surface area contributed by atoms with Crippen LogP contribution in [0.5, 0.6) is 0 Å². The van der Waals surface area contributed by atoms with Gasteiger partial charge >= 0.3 is 168 Å². The summed E-state index contributed by atoms with van der Waals surface area (Å²) in [6.07, 6.45) is 8.16. The number of H-pyrrole nitrogens is 2. The Morgan fingerprint density at radius 1 is 0.567 bits per heavy atom. The van der Waals surface area contributed by atoms with Crippen molar-refractivity contribution in [2.24, 2.45) is 0 Å². The molecule has 0 fully saturated rings. The first-order valence-corrected chi connectivity index (χ1v) is 9.92. The van der Waals surface area contributed by atoms with Gasteiger partial charge in [-0.2, -0.15) is 0 Å². The zero-order chi connectivity index (χ0) is 19.9. The summed E-state index contributed by atoms with van der Waals surface area (Å²) in [5.74, 6) is 4.12. The number of aromatic nitrogens is 4. The third-order valence-corrected chi connectivity index (χ3v) is 5.25. The first kappa shape index (κ1) is 16.9. The molecule has 0 spiro atoms. The van der Waals surface area contributed by atoms with Gasteiger partial charge in [0, 0.05) is 0 Å². The van der Waals surface area contributed by atoms with Crippen molar-refractivity contribution in [3.05, 3.63) is 89.3 Å². The second-order valence-electron chi connectivity index (χ2n) is 7.45. The van der Waals surface area contributed by atoms with Crippen molar-refractivity contribution in [3.63, 3.8) is 0 Å². The van der Waals surface area contributed by atoms with E-state index in [0.29, 0.717) is 0 Å². The van der Waals surface area contributed by atoms with E-state index in [-0.39, 0.29) is 0 Å². The van der Waals surface area contributed by atoms with Gasteiger partial charge in [0.2, 0.25) is 0 Å². The molecular formula is C25H17BN4. The van der Waals surface area contributed by atoms with Gasteiger partial charge in [0.15, 0.2) is 0 Å². The molecule has 4 nitrogen and oxygen atoms in total. The van der Waals surface area contributed by atoms with Gasteiger partial charge in [0.1, 0.15) is 0 Å². The summed E-state index contributed by atoms with van der Waals surface area (Å²) in [5, 5.41) is 0. The van der Waals surface area contributed by atoms with E-state index in [0.717, 1.165) is 50.4 Å². The average Bonchev–Trinajstić information content (AvgIpc) is 3.53. The topological polar surface area (TPSA) is 57.4 Å². The van der Waals surface area contributed by atoms with E-state index in [1.54, 1.807) is 0 Å². The van der Waals surface area contributed by atoms with Crippen LogP contribution in [-0.4, -0.2) is 26.8 Å². The van der Waals surface area contributed by atoms with Gasteiger partial charge < -0.3 is 0 Å². The van der Waals surface area contributed by atoms with Gasteiger partial charge in [0.25, 0.3) is 0 Å². The fourth-order valence-corrected chi connectivity index (χ4v) is 3.87. The van der Waals surface area contributed by atoms with Gasteiger partial charge in [0.05, 0.1) is 0 Å². The average molecular weight is 384 g/mol. The summed E-state index contributed by atoms with van der Waals surface area (Å²) in [6, 6.07) is 18.8. The van der Waals surface area contributed by atoms with Crippen LogP contribution in [0.15, 0.2) is 66.5 Å². The van der Waals surface area contributed by atoms with Crippen LogP contribution in [-0.2, 0) is 0 Å². The molecule has 2 aliphatic rings. The Labute approximate surface area is 173 Å². The molecule has 0 unspecified atom stereocenters. The first-order valence-electron chi connectivity index (χ1n) is 9.92. The van der Waals surface area contributed by atoms with E-state index in [4.69, 9.17) is 9.97 Å². The molecule has 140 valence electrons. The van der Waals surface area contributed by atoms with E-state index in [2.05, 4.69) is 70.4 Å². The third-order valence-electron chi connectivity index (χ3n) is 5.25. The molecule has 8 bridgehead atoms. The molecule has 0 aromatic carbocycles. The summed E-state index contributed by atoms with van der Waals surface area (Å²) in [5.41, 5.74) is 10.1. The minimum atomic E-state index is 0.922. The van der Waals surface area contributed by atoms with Crippen LogP contribution in [0.1, 0.15) is 22.8 Å². The molecule has 2 N–H and O–H groups in total. The van der Waals surface area contributed by atoms with Crippen LogP contribution < -0.4 is 0 Å². The van der Waals surface area contributed by atoms with Crippen LogP contribution in [0.25, 0.3) is 57.5 Å². The first-order chi connectivity index (χ1) is 14.8. The number of nitrogens with zero attached hydrogens (tertiary/aromatic N) is 2. The van der Waals surface area contributed by atoms with Crippen molar-refractivity contribution >= 4 is 53.3 Å². The third kappa shape index (κ3) is 3.20. The van der Waals surface area contributed by atoms with Gasteiger partial charge in [-0.1, -0.05) is 0 Å². The van der Waals surface area contributed by atoms with Crippen molar-refractivity contribution in [3.8, 4) is 11.1 Å². The molecule has 0 aliphatic carbocycles. The zero-order valence-electron chi connectivity index (χ0n) is 16.1. The summed E-state index contributed by atoms with van der Waals surface area (Å²) < 4.78 is 0. The Kier molecular flexibility index (Phi) is 3.84. The quantitative estimate of drug-likeness (QED) is 0.384. The molecule has 6 rings (SSSR count). The predicted molar refractivity (Wildman–Crippen MR) is 126 cm³/mol. The molecule has 4 aromatic rings.